The van der Waals surface area contributed by atoms with Gasteiger partial charge in [0.15, 0.2) is 0 Å². The molecule has 4 N–H and O–H groups in total. The molecule has 0 aromatic carbocycles. The van der Waals surface area contributed by atoms with E-state index in [4.69, 9.17) is 16.3 Å². The Bertz CT molecular complexity index is 480. The number of hydrogen-bond donors (Lipinski definition) is 2. The molecule has 0 saturated heterocycles. The SMILES string of the molecule is COn1ccc(-c2cnc(N)nc2N)n1. The van der Waals surface area contributed by atoms with Gasteiger partial charge in [0.2, 0.25) is 5.95 Å². The Morgan fingerprint density at radius 3 is 2.80 bits per heavy atom. The Hall–Kier alpha value is -2.31. The molecule has 2 rings (SSSR count). The van der Waals surface area contributed by atoms with E-state index in [1.54, 1.807) is 12.3 Å². The van der Waals surface area contributed by atoms with Crippen LogP contribution in [0.4, 0.5) is 11.8 Å². The summed E-state index contributed by atoms with van der Waals surface area (Å²) in [5.74, 6) is 0.436. The summed E-state index contributed by atoms with van der Waals surface area (Å²) in [6.07, 6.45) is 3.19. The highest BCUT2D eigenvalue weighted by atomic mass is 16.7. The largest absolute Gasteiger partial charge is 0.400 e. The first kappa shape index (κ1) is 9.25. The molecule has 0 radical (unpaired) electrons. The average molecular weight is 206 g/mol. The van der Waals surface area contributed by atoms with Gasteiger partial charge in [0.25, 0.3) is 0 Å². The molecule has 7 nitrogen and oxygen atoms in total. The number of nitrogens with zero attached hydrogens (tertiary/aromatic N) is 4. The van der Waals surface area contributed by atoms with E-state index in [0.717, 1.165) is 0 Å². The van der Waals surface area contributed by atoms with Gasteiger partial charge in [-0.3, -0.25) is 0 Å². The second kappa shape index (κ2) is 3.45. The molecule has 0 amide bonds. The van der Waals surface area contributed by atoms with Crippen molar-refractivity contribution in [1.29, 1.82) is 0 Å². The molecular formula is C8H10N6O. The summed E-state index contributed by atoms with van der Waals surface area (Å²) in [5.41, 5.74) is 12.3. The van der Waals surface area contributed by atoms with Crippen LogP contribution in [0, 0.1) is 0 Å². The minimum atomic E-state index is 0.141. The summed E-state index contributed by atoms with van der Waals surface area (Å²) in [4.78, 5) is 13.9. The fourth-order valence-electron chi connectivity index (χ4n) is 1.16. The van der Waals surface area contributed by atoms with E-state index in [1.807, 2.05) is 0 Å². The molecule has 0 spiro atoms. The zero-order valence-corrected chi connectivity index (χ0v) is 8.08. The van der Waals surface area contributed by atoms with Crippen LogP contribution < -0.4 is 16.3 Å². The summed E-state index contributed by atoms with van der Waals surface area (Å²) < 4.78 is 0. The Labute approximate surface area is 85.6 Å². The summed E-state index contributed by atoms with van der Waals surface area (Å²) in [5, 5.41) is 4.08. The van der Waals surface area contributed by atoms with Crippen LogP contribution in [0.3, 0.4) is 0 Å². The van der Waals surface area contributed by atoms with E-state index in [0.29, 0.717) is 17.1 Å². The smallest absolute Gasteiger partial charge is 0.221 e. The molecule has 0 aliphatic carbocycles. The maximum Gasteiger partial charge on any atom is 0.221 e. The Balaban J connectivity index is 2.44. The van der Waals surface area contributed by atoms with E-state index in [-0.39, 0.29) is 5.95 Å². The molecular weight excluding hydrogens is 196 g/mol. The third-order valence-electron chi connectivity index (χ3n) is 1.87. The lowest BCUT2D eigenvalue weighted by Crippen LogP contribution is -2.06. The van der Waals surface area contributed by atoms with Crippen molar-refractivity contribution in [2.45, 2.75) is 0 Å². The van der Waals surface area contributed by atoms with E-state index < -0.39 is 0 Å². The topological polar surface area (TPSA) is 105 Å². The van der Waals surface area contributed by atoms with E-state index >= 15 is 0 Å². The van der Waals surface area contributed by atoms with E-state index in [9.17, 15) is 0 Å². The number of nitrogens with two attached hydrogens (primary N) is 2. The van der Waals surface area contributed by atoms with Crippen molar-refractivity contribution in [1.82, 2.24) is 19.9 Å². The van der Waals surface area contributed by atoms with Gasteiger partial charge in [-0.1, -0.05) is 0 Å². The standard InChI is InChI=1S/C8H10N6O/c1-15-14-3-2-6(13-14)5-4-11-8(10)12-7(5)9/h2-4H,1H3,(H4,9,10,11,12). The van der Waals surface area contributed by atoms with E-state index in [2.05, 4.69) is 15.1 Å². The molecule has 7 heteroatoms. The Kier molecular flexibility index (Phi) is 2.13. The second-order valence-electron chi connectivity index (χ2n) is 2.81. The minimum absolute atomic E-state index is 0.141. The van der Waals surface area contributed by atoms with Gasteiger partial charge in [0.05, 0.1) is 11.8 Å². The van der Waals surface area contributed by atoms with Crippen molar-refractivity contribution in [3.8, 4) is 11.3 Å². The maximum absolute atomic E-state index is 5.68. The quantitative estimate of drug-likeness (QED) is 0.690. The molecule has 2 aromatic rings. The van der Waals surface area contributed by atoms with Gasteiger partial charge in [-0.2, -0.15) is 4.98 Å². The van der Waals surface area contributed by atoms with Crippen LogP contribution in [0.25, 0.3) is 11.3 Å². The zero-order valence-electron chi connectivity index (χ0n) is 8.08. The predicted octanol–water partition coefficient (Wildman–Crippen LogP) is -0.437. The monoisotopic (exact) mass is 206 g/mol. The van der Waals surface area contributed by atoms with Crippen LogP contribution in [-0.4, -0.2) is 27.0 Å². The molecule has 0 unspecified atom stereocenters. The third-order valence-corrected chi connectivity index (χ3v) is 1.87. The summed E-state index contributed by atoms with van der Waals surface area (Å²) >= 11 is 0. The fourth-order valence-corrected chi connectivity index (χ4v) is 1.16. The number of aromatic nitrogens is 4. The van der Waals surface area contributed by atoms with Crippen molar-refractivity contribution >= 4 is 11.8 Å². The average Bonchev–Trinajstić information content (AvgIpc) is 2.66. The number of nitrogen functional groups attached to an aromatic ring is 2. The first-order valence-electron chi connectivity index (χ1n) is 4.19. The number of rotatable bonds is 2. The number of hydrogen-bond acceptors (Lipinski definition) is 6. The van der Waals surface area contributed by atoms with Crippen molar-refractivity contribution in [3.05, 3.63) is 18.5 Å². The van der Waals surface area contributed by atoms with Gasteiger partial charge in [-0.05, 0) is 6.07 Å². The van der Waals surface area contributed by atoms with Crippen molar-refractivity contribution in [2.24, 2.45) is 0 Å². The third kappa shape index (κ3) is 1.66. The zero-order chi connectivity index (χ0) is 10.8. The minimum Gasteiger partial charge on any atom is -0.400 e. The Morgan fingerprint density at radius 2 is 2.20 bits per heavy atom. The lowest BCUT2D eigenvalue weighted by atomic mass is 10.2. The van der Waals surface area contributed by atoms with Gasteiger partial charge in [-0.15, -0.1) is 9.94 Å². The summed E-state index contributed by atoms with van der Waals surface area (Å²) in [7, 11) is 1.51. The van der Waals surface area contributed by atoms with Gasteiger partial charge in [0.1, 0.15) is 18.6 Å². The summed E-state index contributed by atoms with van der Waals surface area (Å²) in [6, 6.07) is 1.74. The lowest BCUT2D eigenvalue weighted by molar-refractivity contribution is 0.134. The highest BCUT2D eigenvalue weighted by Gasteiger charge is 2.08. The van der Waals surface area contributed by atoms with Gasteiger partial charge < -0.3 is 16.3 Å². The first-order chi connectivity index (χ1) is 7.20. The molecule has 2 heterocycles. The van der Waals surface area contributed by atoms with Gasteiger partial charge >= 0.3 is 0 Å². The highest BCUT2D eigenvalue weighted by Crippen LogP contribution is 2.21. The molecule has 0 fully saturated rings. The van der Waals surface area contributed by atoms with Crippen LogP contribution in [0.2, 0.25) is 0 Å². The van der Waals surface area contributed by atoms with E-state index in [1.165, 1.54) is 18.2 Å². The maximum atomic E-state index is 5.68. The van der Waals surface area contributed by atoms with Crippen molar-refractivity contribution in [2.75, 3.05) is 18.6 Å². The van der Waals surface area contributed by atoms with Crippen LogP contribution in [0.15, 0.2) is 18.5 Å². The molecule has 15 heavy (non-hydrogen) atoms. The Morgan fingerprint density at radius 1 is 1.40 bits per heavy atom. The molecule has 0 atom stereocenters. The molecule has 0 aliphatic rings. The second-order valence-corrected chi connectivity index (χ2v) is 2.81. The number of anilines is 2. The molecule has 0 saturated carbocycles. The molecule has 0 bridgehead atoms. The molecule has 0 aliphatic heterocycles. The predicted molar refractivity (Wildman–Crippen MR) is 54.6 cm³/mol. The van der Waals surface area contributed by atoms with Gasteiger partial charge in [0, 0.05) is 6.20 Å². The van der Waals surface area contributed by atoms with Crippen molar-refractivity contribution < 1.29 is 4.84 Å². The van der Waals surface area contributed by atoms with Crippen LogP contribution in [0.1, 0.15) is 0 Å². The normalized spacial score (nSPS) is 10.2. The lowest BCUT2D eigenvalue weighted by Gasteiger charge is -2.01. The van der Waals surface area contributed by atoms with Gasteiger partial charge in [-0.25, -0.2) is 4.98 Å². The fraction of sp³-hybridized carbons (Fsp3) is 0.125. The summed E-state index contributed by atoms with van der Waals surface area (Å²) in [6.45, 7) is 0. The molecule has 78 valence electrons. The van der Waals surface area contributed by atoms with Crippen LogP contribution in [-0.2, 0) is 0 Å². The first-order valence-corrected chi connectivity index (χ1v) is 4.19. The highest BCUT2D eigenvalue weighted by molar-refractivity contribution is 5.70. The molecule has 2 aromatic heterocycles. The van der Waals surface area contributed by atoms with Crippen LogP contribution >= 0.6 is 0 Å². The van der Waals surface area contributed by atoms with Crippen LogP contribution in [0.5, 0.6) is 0 Å². The van der Waals surface area contributed by atoms with Crippen molar-refractivity contribution in [3.63, 3.8) is 0 Å².